The molecule has 0 fully saturated rings. The van der Waals surface area contributed by atoms with Crippen LogP contribution in [0.1, 0.15) is 123 Å². The summed E-state index contributed by atoms with van der Waals surface area (Å²) in [6.45, 7) is 5.84. The Labute approximate surface area is 185 Å². The van der Waals surface area contributed by atoms with Gasteiger partial charge in [0.05, 0.1) is 26.1 Å². The molecule has 0 saturated carbocycles. The predicted molar refractivity (Wildman–Crippen MR) is 123 cm³/mol. The number of ether oxygens (including phenoxy) is 3. The van der Waals surface area contributed by atoms with Gasteiger partial charge in [-0.25, -0.2) is 0 Å². The molecule has 0 saturated heterocycles. The first-order valence-electron chi connectivity index (χ1n) is 12.6. The van der Waals surface area contributed by atoms with Crippen molar-refractivity contribution in [3.8, 4) is 0 Å². The highest BCUT2D eigenvalue weighted by molar-refractivity contribution is 5.77. The Morgan fingerprint density at radius 3 is 1.33 bits per heavy atom. The lowest BCUT2D eigenvalue weighted by Crippen LogP contribution is -2.13. The lowest BCUT2D eigenvalue weighted by Gasteiger charge is -2.06. The van der Waals surface area contributed by atoms with E-state index in [-0.39, 0.29) is 31.4 Å². The maximum absolute atomic E-state index is 11.6. The van der Waals surface area contributed by atoms with Gasteiger partial charge in [-0.15, -0.1) is 0 Å². The minimum absolute atomic E-state index is 0.0732. The molecule has 0 atom stereocenters. The molecule has 30 heavy (non-hydrogen) atoms. The predicted octanol–water partition coefficient (Wildman–Crippen LogP) is 6.76. The second-order valence-corrected chi connectivity index (χ2v) is 8.09. The highest BCUT2D eigenvalue weighted by atomic mass is 16.6. The number of hydrogen-bond acceptors (Lipinski definition) is 5. The maximum Gasteiger partial charge on any atom is 0.306 e. The van der Waals surface area contributed by atoms with E-state index >= 15 is 0 Å². The fraction of sp³-hybridized carbons (Fsp3) is 0.920. The molecule has 5 heteroatoms. The van der Waals surface area contributed by atoms with E-state index in [1.54, 1.807) is 0 Å². The van der Waals surface area contributed by atoms with Crippen molar-refractivity contribution >= 4 is 11.9 Å². The van der Waals surface area contributed by atoms with Gasteiger partial charge in [-0.3, -0.25) is 9.59 Å². The molecule has 0 aliphatic rings. The van der Waals surface area contributed by atoms with Crippen molar-refractivity contribution in [1.29, 1.82) is 0 Å². The Morgan fingerprint density at radius 2 is 0.900 bits per heavy atom. The molecule has 0 aliphatic carbocycles. The summed E-state index contributed by atoms with van der Waals surface area (Å²) in [5.41, 5.74) is 0. The summed E-state index contributed by atoms with van der Waals surface area (Å²) < 4.78 is 15.2. The van der Waals surface area contributed by atoms with Crippen LogP contribution in [0.5, 0.6) is 0 Å². The number of carbonyl (C=O) groups excluding carboxylic acids is 2. The van der Waals surface area contributed by atoms with Gasteiger partial charge in [-0.05, 0) is 13.3 Å². The van der Waals surface area contributed by atoms with Gasteiger partial charge in [-0.2, -0.15) is 0 Å². The van der Waals surface area contributed by atoms with E-state index in [0.717, 1.165) is 12.8 Å². The summed E-state index contributed by atoms with van der Waals surface area (Å²) in [6, 6.07) is 0. The second-order valence-electron chi connectivity index (χ2n) is 8.09. The Kier molecular flexibility index (Phi) is 23.3. The van der Waals surface area contributed by atoms with E-state index in [1.807, 2.05) is 6.92 Å². The molecular weight excluding hydrogens is 380 g/mol. The highest BCUT2D eigenvalue weighted by Crippen LogP contribution is 2.13. The van der Waals surface area contributed by atoms with Crippen molar-refractivity contribution in [2.24, 2.45) is 0 Å². The Morgan fingerprint density at radius 1 is 0.500 bits per heavy atom. The zero-order valence-corrected chi connectivity index (χ0v) is 19.9. The zero-order chi connectivity index (χ0) is 22.1. The van der Waals surface area contributed by atoms with Gasteiger partial charge in [0.25, 0.3) is 0 Å². The fourth-order valence-electron chi connectivity index (χ4n) is 3.37. The average Bonchev–Trinajstić information content (AvgIpc) is 2.75. The van der Waals surface area contributed by atoms with E-state index < -0.39 is 0 Å². The summed E-state index contributed by atoms with van der Waals surface area (Å²) in [5.74, 6) is -0.694. The minimum atomic E-state index is -0.376. The van der Waals surface area contributed by atoms with Crippen molar-refractivity contribution < 1.29 is 23.8 Å². The van der Waals surface area contributed by atoms with E-state index in [4.69, 9.17) is 14.2 Å². The molecule has 5 nitrogen and oxygen atoms in total. The lowest BCUT2D eigenvalue weighted by molar-refractivity contribution is -0.151. The molecule has 0 radical (unpaired) electrons. The third-order valence-corrected chi connectivity index (χ3v) is 5.24. The zero-order valence-electron chi connectivity index (χ0n) is 19.9. The summed E-state index contributed by atoms with van der Waals surface area (Å²) in [6.07, 6.45) is 19.9. The van der Waals surface area contributed by atoms with Crippen LogP contribution in [0.25, 0.3) is 0 Å². The van der Waals surface area contributed by atoms with Crippen molar-refractivity contribution in [2.45, 2.75) is 123 Å². The van der Waals surface area contributed by atoms with Crippen LogP contribution in [-0.4, -0.2) is 38.4 Å². The molecule has 0 N–H and O–H groups in total. The molecule has 0 rings (SSSR count). The molecule has 0 bridgehead atoms. The largest absolute Gasteiger partial charge is 0.466 e. The first kappa shape index (κ1) is 28.9. The fourth-order valence-corrected chi connectivity index (χ4v) is 3.37. The second kappa shape index (κ2) is 24.2. The van der Waals surface area contributed by atoms with Crippen LogP contribution in [0.2, 0.25) is 0 Å². The standard InChI is InChI=1S/C25H48O5/c1-3-5-6-7-8-9-10-11-12-13-14-15-16-17-18-21-29-24(26)19-20-25(27)30-23-22-28-4-2/h3-23H2,1-2H3. The average molecular weight is 429 g/mol. The SMILES string of the molecule is CCCCCCCCCCCCCCCCCOC(=O)CCC(=O)OCCOCC. The molecule has 0 amide bonds. The van der Waals surface area contributed by atoms with Crippen LogP contribution in [0.3, 0.4) is 0 Å². The topological polar surface area (TPSA) is 61.8 Å². The Balaban J connectivity index is 3.22. The molecule has 0 unspecified atom stereocenters. The van der Waals surface area contributed by atoms with Crippen molar-refractivity contribution in [1.82, 2.24) is 0 Å². The molecular formula is C25H48O5. The van der Waals surface area contributed by atoms with Gasteiger partial charge in [0.2, 0.25) is 0 Å². The van der Waals surface area contributed by atoms with Crippen molar-refractivity contribution in [3.05, 3.63) is 0 Å². The molecule has 178 valence electrons. The van der Waals surface area contributed by atoms with Gasteiger partial charge in [0.15, 0.2) is 0 Å². The van der Waals surface area contributed by atoms with Gasteiger partial charge in [-0.1, -0.05) is 96.8 Å². The summed E-state index contributed by atoms with van der Waals surface area (Å²) in [5, 5.41) is 0. The number of rotatable bonds is 23. The Hall–Kier alpha value is -1.10. The molecule has 0 spiro atoms. The van der Waals surface area contributed by atoms with Crippen LogP contribution >= 0.6 is 0 Å². The van der Waals surface area contributed by atoms with Crippen LogP contribution in [0.15, 0.2) is 0 Å². The van der Waals surface area contributed by atoms with Crippen molar-refractivity contribution in [2.75, 3.05) is 26.4 Å². The van der Waals surface area contributed by atoms with E-state index in [0.29, 0.717) is 19.8 Å². The van der Waals surface area contributed by atoms with Crippen molar-refractivity contribution in [3.63, 3.8) is 0 Å². The van der Waals surface area contributed by atoms with Gasteiger partial charge in [0.1, 0.15) is 6.61 Å². The van der Waals surface area contributed by atoms with Gasteiger partial charge in [0, 0.05) is 6.61 Å². The number of hydrogen-bond donors (Lipinski definition) is 0. The first-order valence-corrected chi connectivity index (χ1v) is 12.6. The van der Waals surface area contributed by atoms with Crippen LogP contribution in [0, 0.1) is 0 Å². The monoisotopic (exact) mass is 428 g/mol. The van der Waals surface area contributed by atoms with E-state index in [1.165, 1.54) is 83.5 Å². The van der Waals surface area contributed by atoms with Gasteiger partial charge < -0.3 is 14.2 Å². The first-order chi connectivity index (χ1) is 14.7. The molecule has 0 aromatic carbocycles. The normalized spacial score (nSPS) is 10.9. The number of carbonyl (C=O) groups is 2. The Bertz CT molecular complexity index is 384. The number of esters is 2. The summed E-state index contributed by atoms with van der Waals surface area (Å²) in [4.78, 5) is 23.1. The summed E-state index contributed by atoms with van der Waals surface area (Å²) in [7, 11) is 0. The smallest absolute Gasteiger partial charge is 0.306 e. The van der Waals surface area contributed by atoms with Crippen LogP contribution < -0.4 is 0 Å². The third-order valence-electron chi connectivity index (χ3n) is 5.24. The van der Waals surface area contributed by atoms with Gasteiger partial charge >= 0.3 is 11.9 Å². The molecule has 0 aliphatic heterocycles. The highest BCUT2D eigenvalue weighted by Gasteiger charge is 2.09. The van der Waals surface area contributed by atoms with Crippen LogP contribution in [-0.2, 0) is 23.8 Å². The minimum Gasteiger partial charge on any atom is -0.466 e. The molecule has 0 aromatic heterocycles. The molecule has 0 heterocycles. The van der Waals surface area contributed by atoms with E-state index in [2.05, 4.69) is 6.92 Å². The quantitative estimate of drug-likeness (QED) is 0.133. The lowest BCUT2D eigenvalue weighted by atomic mass is 10.0. The van der Waals surface area contributed by atoms with E-state index in [9.17, 15) is 9.59 Å². The summed E-state index contributed by atoms with van der Waals surface area (Å²) >= 11 is 0. The maximum atomic E-state index is 11.6. The van der Waals surface area contributed by atoms with Crippen LogP contribution in [0.4, 0.5) is 0 Å². The number of unbranched alkanes of at least 4 members (excludes halogenated alkanes) is 14. The third kappa shape index (κ3) is 23.2. The molecule has 0 aromatic rings.